The smallest absolute Gasteiger partial charge is 0.147 e. The summed E-state index contributed by atoms with van der Waals surface area (Å²) >= 11 is 0. The maximum atomic E-state index is 9.87. The molecule has 0 unspecified atom stereocenters. The molecular weight excluding hydrogens is 202 g/mol. The van der Waals surface area contributed by atoms with Crippen molar-refractivity contribution in [2.75, 3.05) is 0 Å². The molecule has 4 nitrogen and oxygen atoms in total. The van der Waals surface area contributed by atoms with Gasteiger partial charge in [0.05, 0.1) is 5.69 Å². The average molecular weight is 217 g/mol. The Morgan fingerprint density at radius 1 is 1.31 bits per heavy atom. The van der Waals surface area contributed by atoms with E-state index in [2.05, 4.69) is 10.1 Å². The molecule has 0 aliphatic rings. The van der Waals surface area contributed by atoms with Crippen LogP contribution < -0.4 is 0 Å². The second-order valence-electron chi connectivity index (χ2n) is 4.13. The van der Waals surface area contributed by atoms with Crippen molar-refractivity contribution in [1.82, 2.24) is 14.8 Å². The minimum atomic E-state index is 0.306. The number of hydrogen-bond acceptors (Lipinski definition) is 3. The first-order valence-corrected chi connectivity index (χ1v) is 5.29. The molecule has 0 atom stereocenters. The number of aromatic hydroxyl groups is 1. The molecule has 16 heavy (non-hydrogen) atoms. The third-order valence-electron chi connectivity index (χ3n) is 2.51. The van der Waals surface area contributed by atoms with Gasteiger partial charge >= 0.3 is 0 Å². The number of aromatic nitrogens is 3. The summed E-state index contributed by atoms with van der Waals surface area (Å²) in [6, 6.07) is 5.57. The molecule has 0 bridgehead atoms. The molecule has 1 aromatic carbocycles. The highest BCUT2D eigenvalue weighted by molar-refractivity contribution is 5.44. The summed E-state index contributed by atoms with van der Waals surface area (Å²) in [5.41, 5.74) is 1.77. The van der Waals surface area contributed by atoms with Crippen molar-refractivity contribution in [2.24, 2.45) is 0 Å². The van der Waals surface area contributed by atoms with E-state index in [0.29, 0.717) is 17.5 Å². The first kappa shape index (κ1) is 10.7. The van der Waals surface area contributed by atoms with Gasteiger partial charge in [-0.2, -0.15) is 5.10 Å². The lowest BCUT2D eigenvalue weighted by molar-refractivity contribution is 0.464. The maximum Gasteiger partial charge on any atom is 0.147 e. The molecule has 0 aliphatic heterocycles. The molecule has 0 aliphatic carbocycles. The van der Waals surface area contributed by atoms with Gasteiger partial charge in [-0.3, -0.25) is 0 Å². The Kier molecular flexibility index (Phi) is 2.64. The molecule has 4 heteroatoms. The van der Waals surface area contributed by atoms with Crippen LogP contribution in [0.5, 0.6) is 5.75 Å². The van der Waals surface area contributed by atoms with Crippen LogP contribution in [0.1, 0.15) is 31.2 Å². The van der Waals surface area contributed by atoms with Crippen LogP contribution in [0.4, 0.5) is 0 Å². The quantitative estimate of drug-likeness (QED) is 0.840. The number of rotatable bonds is 2. The zero-order valence-corrected chi connectivity index (χ0v) is 9.68. The van der Waals surface area contributed by atoms with Gasteiger partial charge < -0.3 is 5.11 Å². The predicted octanol–water partition coefficient (Wildman–Crippen LogP) is 2.40. The van der Waals surface area contributed by atoms with E-state index in [1.54, 1.807) is 17.1 Å². The van der Waals surface area contributed by atoms with Gasteiger partial charge in [0.25, 0.3) is 0 Å². The predicted molar refractivity (Wildman–Crippen MR) is 61.8 cm³/mol. The van der Waals surface area contributed by atoms with Gasteiger partial charge in [-0.15, -0.1) is 0 Å². The summed E-state index contributed by atoms with van der Waals surface area (Å²) in [7, 11) is 0. The van der Waals surface area contributed by atoms with Crippen LogP contribution in [0, 0.1) is 6.92 Å². The molecule has 0 spiro atoms. The fourth-order valence-electron chi connectivity index (χ4n) is 1.63. The third kappa shape index (κ3) is 1.91. The molecule has 84 valence electrons. The minimum absolute atomic E-state index is 0.306. The molecule has 1 heterocycles. The van der Waals surface area contributed by atoms with Crippen LogP contribution in [-0.4, -0.2) is 19.9 Å². The molecule has 1 aromatic heterocycles. The van der Waals surface area contributed by atoms with Gasteiger partial charge in [0.2, 0.25) is 0 Å². The highest BCUT2D eigenvalue weighted by Crippen LogP contribution is 2.27. The Labute approximate surface area is 94.6 Å². The molecule has 0 amide bonds. The van der Waals surface area contributed by atoms with Crippen molar-refractivity contribution in [2.45, 2.75) is 26.7 Å². The van der Waals surface area contributed by atoms with Gasteiger partial charge in [-0.05, 0) is 24.5 Å². The largest absolute Gasteiger partial charge is 0.508 e. The number of benzene rings is 1. The van der Waals surface area contributed by atoms with Crippen LogP contribution in [0.3, 0.4) is 0 Å². The van der Waals surface area contributed by atoms with E-state index in [0.717, 1.165) is 11.3 Å². The number of phenolic OH excluding ortho intramolecular Hbond substituents is 1. The molecule has 0 saturated heterocycles. The number of phenols is 1. The first-order chi connectivity index (χ1) is 7.58. The summed E-state index contributed by atoms with van der Waals surface area (Å²) in [6.07, 6.45) is 1.64. The van der Waals surface area contributed by atoms with E-state index >= 15 is 0 Å². The van der Waals surface area contributed by atoms with Crippen molar-refractivity contribution in [3.8, 4) is 11.4 Å². The van der Waals surface area contributed by atoms with Crippen molar-refractivity contribution in [3.05, 3.63) is 35.9 Å². The van der Waals surface area contributed by atoms with Crippen LogP contribution in [0.15, 0.2) is 24.5 Å². The SMILES string of the molecule is Cc1ncn(-c2ccc(C(C)C)c(O)c2)n1. The zero-order chi connectivity index (χ0) is 11.7. The lowest BCUT2D eigenvalue weighted by Crippen LogP contribution is -1.96. The van der Waals surface area contributed by atoms with Gasteiger partial charge in [0, 0.05) is 6.07 Å². The van der Waals surface area contributed by atoms with E-state index in [-0.39, 0.29) is 0 Å². The molecule has 2 rings (SSSR count). The van der Waals surface area contributed by atoms with Crippen LogP contribution in [0.2, 0.25) is 0 Å². The number of nitrogens with zero attached hydrogens (tertiary/aromatic N) is 3. The molecule has 0 saturated carbocycles. The van der Waals surface area contributed by atoms with E-state index in [4.69, 9.17) is 0 Å². The lowest BCUT2D eigenvalue weighted by Gasteiger charge is -2.09. The summed E-state index contributed by atoms with van der Waals surface area (Å²) in [5, 5.41) is 14.1. The number of aryl methyl sites for hydroxylation is 1. The van der Waals surface area contributed by atoms with Crippen molar-refractivity contribution in [1.29, 1.82) is 0 Å². The Bertz CT molecular complexity index is 503. The summed E-state index contributed by atoms with van der Waals surface area (Å²) < 4.78 is 1.65. The Balaban J connectivity index is 2.42. The summed E-state index contributed by atoms with van der Waals surface area (Å²) in [5.74, 6) is 1.33. The van der Waals surface area contributed by atoms with Crippen molar-refractivity contribution < 1.29 is 5.11 Å². The monoisotopic (exact) mass is 217 g/mol. The topological polar surface area (TPSA) is 50.9 Å². The molecular formula is C12H15N3O. The summed E-state index contributed by atoms with van der Waals surface area (Å²) in [4.78, 5) is 4.05. The average Bonchev–Trinajstić information content (AvgIpc) is 2.64. The molecule has 0 radical (unpaired) electrons. The normalized spacial score (nSPS) is 11.0. The minimum Gasteiger partial charge on any atom is -0.508 e. The highest BCUT2D eigenvalue weighted by atomic mass is 16.3. The maximum absolute atomic E-state index is 9.87. The fraction of sp³-hybridized carbons (Fsp3) is 0.333. The van der Waals surface area contributed by atoms with Crippen LogP contribution in [-0.2, 0) is 0 Å². The van der Waals surface area contributed by atoms with Gasteiger partial charge in [-0.1, -0.05) is 19.9 Å². The van der Waals surface area contributed by atoms with Gasteiger partial charge in [0.1, 0.15) is 17.9 Å². The molecule has 2 aromatic rings. The lowest BCUT2D eigenvalue weighted by atomic mass is 10.0. The Hall–Kier alpha value is -1.84. The van der Waals surface area contributed by atoms with Gasteiger partial charge in [-0.25, -0.2) is 9.67 Å². The molecule has 1 N–H and O–H groups in total. The first-order valence-electron chi connectivity index (χ1n) is 5.29. The number of hydrogen-bond donors (Lipinski definition) is 1. The van der Waals surface area contributed by atoms with E-state index in [1.165, 1.54) is 0 Å². The summed E-state index contributed by atoms with van der Waals surface area (Å²) in [6.45, 7) is 5.93. The van der Waals surface area contributed by atoms with Crippen LogP contribution in [0.25, 0.3) is 5.69 Å². The zero-order valence-electron chi connectivity index (χ0n) is 9.68. The second-order valence-corrected chi connectivity index (χ2v) is 4.13. The van der Waals surface area contributed by atoms with E-state index < -0.39 is 0 Å². The van der Waals surface area contributed by atoms with Gasteiger partial charge in [0.15, 0.2) is 0 Å². The standard InChI is InChI=1S/C12H15N3O/c1-8(2)11-5-4-10(6-12(11)16)15-7-13-9(3)14-15/h4-8,16H,1-3H3. The Morgan fingerprint density at radius 3 is 2.56 bits per heavy atom. The molecule has 0 fully saturated rings. The van der Waals surface area contributed by atoms with E-state index in [9.17, 15) is 5.11 Å². The van der Waals surface area contributed by atoms with Crippen molar-refractivity contribution >= 4 is 0 Å². The van der Waals surface area contributed by atoms with Crippen LogP contribution >= 0.6 is 0 Å². The van der Waals surface area contributed by atoms with E-state index in [1.807, 2.05) is 32.9 Å². The fourth-order valence-corrected chi connectivity index (χ4v) is 1.63. The second kappa shape index (κ2) is 3.96. The van der Waals surface area contributed by atoms with Crippen molar-refractivity contribution in [3.63, 3.8) is 0 Å². The Morgan fingerprint density at radius 2 is 2.06 bits per heavy atom. The third-order valence-corrected chi connectivity index (χ3v) is 2.51. The highest BCUT2D eigenvalue weighted by Gasteiger charge is 2.07.